The summed E-state index contributed by atoms with van der Waals surface area (Å²) < 4.78 is 30.6. The van der Waals surface area contributed by atoms with Crippen LogP contribution in [0.15, 0.2) is 18.2 Å². The number of anilines is 1. The molecule has 0 unspecified atom stereocenters. The summed E-state index contributed by atoms with van der Waals surface area (Å²) in [7, 11) is -3.37. The van der Waals surface area contributed by atoms with E-state index in [0.29, 0.717) is 11.4 Å². The Bertz CT molecular complexity index is 577. The molecule has 0 aromatic heterocycles. The predicted molar refractivity (Wildman–Crippen MR) is 68.8 cm³/mol. The van der Waals surface area contributed by atoms with E-state index < -0.39 is 10.0 Å². The van der Waals surface area contributed by atoms with Gasteiger partial charge in [-0.2, -0.15) is 0 Å². The Balaban J connectivity index is 2.00. The van der Waals surface area contributed by atoms with Gasteiger partial charge in [-0.05, 0) is 30.5 Å². The third-order valence-corrected chi connectivity index (χ3v) is 4.64. The van der Waals surface area contributed by atoms with Gasteiger partial charge in [0, 0.05) is 5.54 Å². The summed E-state index contributed by atoms with van der Waals surface area (Å²) in [6, 6.07) is 5.53. The number of benzene rings is 1. The molecule has 1 heterocycles. The van der Waals surface area contributed by atoms with Crippen LogP contribution in [0.4, 0.5) is 5.69 Å². The minimum Gasteiger partial charge on any atom is -0.474 e. The van der Waals surface area contributed by atoms with Crippen molar-refractivity contribution >= 4 is 15.7 Å². The van der Waals surface area contributed by atoms with E-state index in [2.05, 4.69) is 4.72 Å². The highest BCUT2D eigenvalue weighted by Gasteiger charge is 2.32. The Morgan fingerprint density at radius 3 is 2.72 bits per heavy atom. The molecule has 0 saturated heterocycles. The number of hydrogen-bond donors (Lipinski definition) is 2. The normalized spacial score (nSPS) is 23.8. The average Bonchev–Trinajstić information content (AvgIpc) is 2.75. The fourth-order valence-electron chi connectivity index (χ4n) is 2.68. The number of nitrogens with two attached hydrogens (primary N) is 1. The van der Waals surface area contributed by atoms with Gasteiger partial charge < -0.3 is 10.5 Å². The van der Waals surface area contributed by atoms with Gasteiger partial charge in [-0.25, -0.2) is 8.42 Å². The lowest BCUT2D eigenvalue weighted by Gasteiger charge is -2.27. The summed E-state index contributed by atoms with van der Waals surface area (Å²) in [6.07, 6.45) is 4.13. The van der Waals surface area contributed by atoms with E-state index in [1.165, 1.54) is 0 Å². The molecular formula is C12H16N2O3S. The molecular weight excluding hydrogens is 252 g/mol. The van der Waals surface area contributed by atoms with Gasteiger partial charge in [-0.15, -0.1) is 0 Å². The summed E-state index contributed by atoms with van der Waals surface area (Å²) in [5, 5.41) is 0. The van der Waals surface area contributed by atoms with Crippen LogP contribution >= 0.6 is 0 Å². The number of fused-ring (bicyclic) bond motifs is 1. The molecule has 0 radical (unpaired) electrons. The monoisotopic (exact) mass is 268 g/mol. The van der Waals surface area contributed by atoms with Crippen molar-refractivity contribution in [2.24, 2.45) is 5.73 Å². The minimum absolute atomic E-state index is 0.322. The number of rotatable bonds is 1. The lowest BCUT2D eigenvalue weighted by atomic mass is 9.89. The Labute approximate surface area is 106 Å². The molecule has 0 atom stereocenters. The summed E-state index contributed by atoms with van der Waals surface area (Å²) in [5.74, 6) is 0.239. The molecule has 0 bridgehead atoms. The van der Waals surface area contributed by atoms with Crippen molar-refractivity contribution in [2.45, 2.75) is 31.2 Å². The summed E-state index contributed by atoms with van der Waals surface area (Å²) in [4.78, 5) is 0. The zero-order valence-corrected chi connectivity index (χ0v) is 10.8. The lowest BCUT2D eigenvalue weighted by molar-refractivity contribution is 0.373. The Hall–Kier alpha value is -1.27. The van der Waals surface area contributed by atoms with Crippen molar-refractivity contribution in [3.05, 3.63) is 23.8 Å². The van der Waals surface area contributed by atoms with Gasteiger partial charge in [-0.1, -0.05) is 18.9 Å². The van der Waals surface area contributed by atoms with E-state index >= 15 is 0 Å². The Kier molecular flexibility index (Phi) is 2.53. The largest absolute Gasteiger partial charge is 0.474 e. The summed E-state index contributed by atoms with van der Waals surface area (Å²) in [5.41, 5.74) is 7.52. The second-order valence-corrected chi connectivity index (χ2v) is 6.72. The predicted octanol–water partition coefficient (Wildman–Crippen LogP) is 1.51. The average molecular weight is 268 g/mol. The van der Waals surface area contributed by atoms with Crippen molar-refractivity contribution in [3.8, 4) is 5.75 Å². The molecule has 0 amide bonds. The molecule has 3 N–H and O–H groups in total. The van der Waals surface area contributed by atoms with E-state index in [0.717, 1.165) is 31.2 Å². The van der Waals surface area contributed by atoms with Crippen LogP contribution in [0.1, 0.15) is 31.2 Å². The van der Waals surface area contributed by atoms with Crippen molar-refractivity contribution in [2.75, 3.05) is 10.7 Å². The van der Waals surface area contributed by atoms with Gasteiger partial charge >= 0.3 is 0 Å². The van der Waals surface area contributed by atoms with Crippen LogP contribution < -0.4 is 15.2 Å². The highest BCUT2D eigenvalue weighted by molar-refractivity contribution is 7.92. The van der Waals surface area contributed by atoms with Crippen LogP contribution in [0.2, 0.25) is 0 Å². The van der Waals surface area contributed by atoms with Crippen LogP contribution in [-0.2, 0) is 15.6 Å². The molecule has 0 spiro atoms. The molecule has 1 aliphatic carbocycles. The summed E-state index contributed by atoms with van der Waals surface area (Å²) in [6.45, 7) is 0. The van der Waals surface area contributed by atoms with Gasteiger partial charge in [0.15, 0.2) is 0 Å². The molecule has 6 heteroatoms. The highest BCUT2D eigenvalue weighted by atomic mass is 32.2. The maximum absolute atomic E-state index is 11.5. The van der Waals surface area contributed by atoms with Crippen molar-refractivity contribution in [3.63, 3.8) is 0 Å². The van der Waals surface area contributed by atoms with E-state index in [1.54, 1.807) is 12.1 Å². The van der Waals surface area contributed by atoms with E-state index in [9.17, 15) is 8.42 Å². The van der Waals surface area contributed by atoms with Crippen LogP contribution in [0.3, 0.4) is 0 Å². The number of sulfonamides is 1. The molecule has 1 saturated carbocycles. The van der Waals surface area contributed by atoms with Gasteiger partial charge in [-0.3, -0.25) is 4.72 Å². The van der Waals surface area contributed by atoms with E-state index in [1.807, 2.05) is 6.07 Å². The smallest absolute Gasteiger partial charge is 0.268 e. The molecule has 98 valence electrons. The molecule has 1 aliphatic heterocycles. The van der Waals surface area contributed by atoms with Gasteiger partial charge in [0.1, 0.15) is 5.75 Å². The zero-order valence-electron chi connectivity index (χ0n) is 9.98. The van der Waals surface area contributed by atoms with Crippen LogP contribution in [0, 0.1) is 0 Å². The molecule has 5 nitrogen and oxygen atoms in total. The number of nitrogens with one attached hydrogen (secondary N) is 1. The zero-order chi connectivity index (χ0) is 12.8. The van der Waals surface area contributed by atoms with Gasteiger partial charge in [0.25, 0.3) is 10.0 Å². The Morgan fingerprint density at radius 1 is 1.28 bits per heavy atom. The third kappa shape index (κ3) is 1.95. The van der Waals surface area contributed by atoms with Gasteiger partial charge in [0.05, 0.1) is 5.69 Å². The van der Waals surface area contributed by atoms with Crippen molar-refractivity contribution in [1.82, 2.24) is 0 Å². The molecule has 3 rings (SSSR count). The summed E-state index contributed by atoms with van der Waals surface area (Å²) >= 11 is 0. The van der Waals surface area contributed by atoms with Gasteiger partial charge in [0.2, 0.25) is 5.94 Å². The molecule has 1 aromatic carbocycles. The fraction of sp³-hybridized carbons (Fsp3) is 0.500. The maximum Gasteiger partial charge on any atom is 0.268 e. The minimum atomic E-state index is -3.37. The van der Waals surface area contributed by atoms with Crippen molar-refractivity contribution < 1.29 is 13.2 Å². The number of ether oxygens (including phenoxy) is 1. The Morgan fingerprint density at radius 2 is 2.00 bits per heavy atom. The second kappa shape index (κ2) is 3.86. The standard InChI is InChI=1S/C12H16N2O3S/c13-12(5-1-2-6-12)9-3-4-11-10(7-9)14-18(15,16)8-17-11/h3-4,7,14H,1-2,5-6,8,13H2. The van der Waals surface area contributed by atoms with E-state index in [4.69, 9.17) is 10.5 Å². The van der Waals surface area contributed by atoms with Crippen LogP contribution in [0.5, 0.6) is 5.75 Å². The van der Waals surface area contributed by atoms with Crippen LogP contribution in [0.25, 0.3) is 0 Å². The van der Waals surface area contributed by atoms with Crippen molar-refractivity contribution in [1.29, 1.82) is 0 Å². The molecule has 1 fully saturated rings. The second-order valence-electron chi connectivity index (χ2n) is 5.05. The first-order valence-electron chi connectivity index (χ1n) is 6.05. The lowest BCUT2D eigenvalue weighted by Crippen LogP contribution is -2.33. The number of hydrogen-bond acceptors (Lipinski definition) is 4. The quantitative estimate of drug-likeness (QED) is 0.809. The molecule has 2 aliphatic rings. The highest BCUT2D eigenvalue weighted by Crippen LogP contribution is 2.40. The first-order valence-corrected chi connectivity index (χ1v) is 7.71. The van der Waals surface area contributed by atoms with Crippen LogP contribution in [-0.4, -0.2) is 14.4 Å². The third-order valence-electron chi connectivity index (χ3n) is 3.69. The first-order chi connectivity index (χ1) is 8.49. The fourth-order valence-corrected chi connectivity index (χ4v) is 3.51. The maximum atomic E-state index is 11.5. The molecule has 18 heavy (non-hydrogen) atoms. The van der Waals surface area contributed by atoms with E-state index in [-0.39, 0.29) is 11.5 Å². The topological polar surface area (TPSA) is 81.4 Å². The molecule has 1 aromatic rings. The SMILES string of the molecule is NC1(c2ccc3c(c2)NS(=O)(=O)CO3)CCCC1. The first kappa shape index (κ1) is 11.8.